The normalized spacial score (nSPS) is 20.2. The fourth-order valence-electron chi connectivity index (χ4n) is 3.63. The van der Waals surface area contributed by atoms with Gasteiger partial charge >= 0.3 is 0 Å². The van der Waals surface area contributed by atoms with Gasteiger partial charge in [0.2, 0.25) is 0 Å². The second kappa shape index (κ2) is 8.34. The van der Waals surface area contributed by atoms with Crippen molar-refractivity contribution in [3.63, 3.8) is 0 Å². The monoisotopic (exact) mass is 314 g/mol. The van der Waals surface area contributed by atoms with Crippen molar-refractivity contribution in [1.29, 1.82) is 0 Å². The maximum absolute atomic E-state index is 6.16. The molecular formula is C19H30N4. The molecule has 0 aliphatic carbocycles. The van der Waals surface area contributed by atoms with Crippen LogP contribution in [-0.4, -0.2) is 48.5 Å². The van der Waals surface area contributed by atoms with E-state index in [0.717, 1.165) is 45.1 Å². The highest BCUT2D eigenvalue weighted by molar-refractivity contribution is 5.78. The lowest BCUT2D eigenvalue weighted by Crippen LogP contribution is -2.38. The van der Waals surface area contributed by atoms with Crippen LogP contribution in [0.15, 0.2) is 29.3 Å². The molecule has 2 heterocycles. The van der Waals surface area contributed by atoms with E-state index in [9.17, 15) is 0 Å². The molecule has 0 amide bonds. The zero-order chi connectivity index (χ0) is 15.9. The van der Waals surface area contributed by atoms with E-state index in [2.05, 4.69) is 39.1 Å². The number of hydrogen-bond donors (Lipinski definition) is 1. The first kappa shape index (κ1) is 16.3. The maximum Gasteiger partial charge on any atom is 0.191 e. The molecule has 4 heteroatoms. The highest BCUT2D eigenvalue weighted by Crippen LogP contribution is 2.18. The van der Waals surface area contributed by atoms with Crippen molar-refractivity contribution in [2.24, 2.45) is 10.7 Å². The Balaban J connectivity index is 1.40. The zero-order valence-corrected chi connectivity index (χ0v) is 14.2. The first-order valence-corrected chi connectivity index (χ1v) is 9.17. The van der Waals surface area contributed by atoms with Gasteiger partial charge in [-0.1, -0.05) is 37.1 Å². The first-order chi connectivity index (χ1) is 11.3. The molecule has 2 aliphatic heterocycles. The molecule has 0 atom stereocenters. The molecule has 3 rings (SSSR count). The zero-order valence-electron chi connectivity index (χ0n) is 14.2. The van der Waals surface area contributed by atoms with E-state index in [-0.39, 0.29) is 0 Å². The number of nitrogens with zero attached hydrogens (tertiary/aromatic N) is 3. The van der Waals surface area contributed by atoms with Crippen LogP contribution in [0.5, 0.6) is 0 Å². The van der Waals surface area contributed by atoms with E-state index in [1.54, 1.807) is 0 Å². The number of nitrogens with two attached hydrogens (primary N) is 1. The third-order valence-electron chi connectivity index (χ3n) is 5.05. The number of aliphatic imine (C=N–C) groups is 1. The van der Waals surface area contributed by atoms with Crippen LogP contribution in [0.1, 0.15) is 43.2 Å². The molecule has 0 unspecified atom stereocenters. The number of hydrogen-bond acceptors (Lipinski definition) is 2. The average Bonchev–Trinajstić information content (AvgIpc) is 2.88. The fourth-order valence-corrected chi connectivity index (χ4v) is 3.63. The molecule has 0 bridgehead atoms. The number of rotatable bonds is 4. The third kappa shape index (κ3) is 4.71. The maximum atomic E-state index is 6.16. The van der Waals surface area contributed by atoms with Crippen LogP contribution in [0, 0.1) is 0 Å². The van der Waals surface area contributed by atoms with Crippen LogP contribution in [0.2, 0.25) is 0 Å². The highest BCUT2D eigenvalue weighted by Gasteiger charge is 2.15. The second-order valence-corrected chi connectivity index (χ2v) is 6.79. The molecule has 1 saturated heterocycles. The van der Waals surface area contributed by atoms with Gasteiger partial charge in [0, 0.05) is 39.3 Å². The van der Waals surface area contributed by atoms with Crippen molar-refractivity contribution in [2.75, 3.05) is 32.7 Å². The summed E-state index contributed by atoms with van der Waals surface area (Å²) in [4.78, 5) is 9.42. The van der Waals surface area contributed by atoms with Crippen LogP contribution in [-0.2, 0) is 13.0 Å². The summed E-state index contributed by atoms with van der Waals surface area (Å²) >= 11 is 0. The summed E-state index contributed by atoms with van der Waals surface area (Å²) < 4.78 is 0. The largest absolute Gasteiger partial charge is 0.370 e. The molecule has 0 saturated carbocycles. The van der Waals surface area contributed by atoms with E-state index < -0.39 is 0 Å². The quantitative estimate of drug-likeness (QED) is 0.528. The lowest BCUT2D eigenvalue weighted by atomic mass is 10.00. The predicted molar refractivity (Wildman–Crippen MR) is 96.6 cm³/mol. The lowest BCUT2D eigenvalue weighted by molar-refractivity contribution is 0.252. The van der Waals surface area contributed by atoms with Gasteiger partial charge < -0.3 is 10.6 Å². The Kier molecular flexibility index (Phi) is 5.92. The van der Waals surface area contributed by atoms with Crippen molar-refractivity contribution < 1.29 is 0 Å². The molecule has 2 N–H and O–H groups in total. The van der Waals surface area contributed by atoms with Crippen LogP contribution in [0.3, 0.4) is 0 Å². The van der Waals surface area contributed by atoms with E-state index >= 15 is 0 Å². The summed E-state index contributed by atoms with van der Waals surface area (Å²) in [5.74, 6) is 0.760. The molecule has 23 heavy (non-hydrogen) atoms. The van der Waals surface area contributed by atoms with Crippen LogP contribution >= 0.6 is 0 Å². The summed E-state index contributed by atoms with van der Waals surface area (Å²) in [6.45, 7) is 6.38. The summed E-state index contributed by atoms with van der Waals surface area (Å²) in [6.07, 6.45) is 7.44. The van der Waals surface area contributed by atoms with Crippen molar-refractivity contribution >= 4 is 5.96 Å². The smallest absolute Gasteiger partial charge is 0.191 e. The summed E-state index contributed by atoms with van der Waals surface area (Å²) in [5, 5.41) is 0. The van der Waals surface area contributed by atoms with Crippen LogP contribution in [0.4, 0.5) is 0 Å². The standard InChI is InChI=1S/C19H30N4/c20-19(23-13-5-1-2-6-14-23)21-11-7-12-22-15-10-17-8-3-4-9-18(17)16-22/h3-4,8-9H,1-2,5-7,10-16H2,(H2,20,21). The van der Waals surface area contributed by atoms with Gasteiger partial charge in [-0.2, -0.15) is 0 Å². The van der Waals surface area contributed by atoms with E-state index in [4.69, 9.17) is 5.73 Å². The second-order valence-electron chi connectivity index (χ2n) is 6.79. The number of fused-ring (bicyclic) bond motifs is 1. The molecule has 0 radical (unpaired) electrons. The molecule has 1 aromatic carbocycles. The topological polar surface area (TPSA) is 44.9 Å². The molecule has 1 fully saturated rings. The number of benzene rings is 1. The molecular weight excluding hydrogens is 284 g/mol. The van der Waals surface area contributed by atoms with Gasteiger partial charge in [-0.3, -0.25) is 9.89 Å². The van der Waals surface area contributed by atoms with E-state index in [0.29, 0.717) is 0 Å². The van der Waals surface area contributed by atoms with E-state index in [1.807, 2.05) is 0 Å². The van der Waals surface area contributed by atoms with Crippen molar-refractivity contribution in [3.8, 4) is 0 Å². The fraction of sp³-hybridized carbons (Fsp3) is 0.632. The molecule has 1 aromatic rings. The first-order valence-electron chi connectivity index (χ1n) is 9.17. The minimum atomic E-state index is 0.760. The Morgan fingerprint density at radius 2 is 1.74 bits per heavy atom. The van der Waals surface area contributed by atoms with E-state index in [1.165, 1.54) is 49.8 Å². The van der Waals surface area contributed by atoms with Gasteiger partial charge in [-0.25, -0.2) is 0 Å². The molecule has 4 nitrogen and oxygen atoms in total. The summed E-state index contributed by atoms with van der Waals surface area (Å²) in [5.41, 5.74) is 9.18. The van der Waals surface area contributed by atoms with Gasteiger partial charge in [-0.05, 0) is 36.8 Å². The van der Waals surface area contributed by atoms with Gasteiger partial charge in [-0.15, -0.1) is 0 Å². The third-order valence-corrected chi connectivity index (χ3v) is 5.05. The number of guanidine groups is 1. The number of likely N-dealkylation sites (tertiary alicyclic amines) is 1. The lowest BCUT2D eigenvalue weighted by Gasteiger charge is -2.28. The van der Waals surface area contributed by atoms with Crippen molar-refractivity contribution in [1.82, 2.24) is 9.80 Å². The Labute approximate surface area is 140 Å². The van der Waals surface area contributed by atoms with Crippen molar-refractivity contribution in [2.45, 2.75) is 45.1 Å². The van der Waals surface area contributed by atoms with Gasteiger partial charge in [0.15, 0.2) is 5.96 Å². The minimum Gasteiger partial charge on any atom is -0.370 e. The Morgan fingerprint density at radius 1 is 1.00 bits per heavy atom. The Morgan fingerprint density at radius 3 is 2.52 bits per heavy atom. The SMILES string of the molecule is NC(=NCCCN1CCc2ccccc2C1)N1CCCCCC1. The van der Waals surface area contributed by atoms with Crippen LogP contribution < -0.4 is 5.73 Å². The average molecular weight is 314 g/mol. The van der Waals surface area contributed by atoms with Gasteiger partial charge in [0.25, 0.3) is 0 Å². The summed E-state index contributed by atoms with van der Waals surface area (Å²) in [7, 11) is 0. The molecule has 0 aromatic heterocycles. The molecule has 126 valence electrons. The van der Waals surface area contributed by atoms with Crippen LogP contribution in [0.25, 0.3) is 0 Å². The van der Waals surface area contributed by atoms with Gasteiger partial charge in [0.05, 0.1) is 0 Å². The van der Waals surface area contributed by atoms with Crippen molar-refractivity contribution in [3.05, 3.63) is 35.4 Å². The molecule has 0 spiro atoms. The summed E-state index contributed by atoms with van der Waals surface area (Å²) in [6, 6.07) is 8.82. The Hall–Kier alpha value is -1.55. The van der Waals surface area contributed by atoms with Gasteiger partial charge in [0.1, 0.15) is 0 Å². The Bertz CT molecular complexity index is 518. The predicted octanol–water partition coefficient (Wildman–Crippen LogP) is 2.63. The minimum absolute atomic E-state index is 0.760. The molecule has 2 aliphatic rings. The highest BCUT2D eigenvalue weighted by atomic mass is 15.2.